The molecule has 3 aromatic heterocycles. The normalized spacial score (nSPS) is 12.6. The van der Waals surface area contributed by atoms with Gasteiger partial charge in [-0.25, -0.2) is 15.4 Å². The van der Waals surface area contributed by atoms with Crippen LogP contribution in [0.5, 0.6) is 0 Å². The molecule has 11 nitrogen and oxygen atoms in total. The number of hydrogen-bond donors (Lipinski definition) is 5. The van der Waals surface area contributed by atoms with Gasteiger partial charge in [0, 0.05) is 46.0 Å². The maximum atomic E-state index is 12.6. The van der Waals surface area contributed by atoms with E-state index in [-0.39, 0.29) is 30.7 Å². The number of carbonyl (C=O) groups excluding carboxylic acids is 2. The molecule has 5 heterocycles. The van der Waals surface area contributed by atoms with Gasteiger partial charge in [-0.15, -0.1) is 5.10 Å². The fourth-order valence-electron chi connectivity index (χ4n) is 6.05. The van der Waals surface area contributed by atoms with Gasteiger partial charge in [0.25, 0.3) is 0 Å². The summed E-state index contributed by atoms with van der Waals surface area (Å²) in [4.78, 5) is 42.1. The molecule has 1 amide bonds. The maximum Gasteiger partial charge on any atom is 0.305 e. The Morgan fingerprint density at radius 1 is 0.787 bits per heavy atom. The molecule has 0 aliphatic carbocycles. The van der Waals surface area contributed by atoms with Gasteiger partial charge in [-0.3, -0.25) is 9.59 Å². The lowest BCUT2D eigenvalue weighted by Crippen LogP contribution is -2.28. The van der Waals surface area contributed by atoms with Crippen molar-refractivity contribution in [2.24, 2.45) is 16.6 Å². The van der Waals surface area contributed by atoms with Gasteiger partial charge in [0.15, 0.2) is 0 Å². The van der Waals surface area contributed by atoms with Crippen LogP contribution < -0.4 is 16.9 Å². The molecule has 11 heteroatoms. The number of aromatic nitrogens is 4. The first-order valence-electron chi connectivity index (χ1n) is 15.3. The molecule has 7 N–H and O–H groups in total. The molecule has 8 bridgehead atoms. The third kappa shape index (κ3) is 6.51. The molecule has 2 aliphatic rings. The van der Waals surface area contributed by atoms with E-state index in [1.807, 2.05) is 51.1 Å². The third-order valence-electron chi connectivity index (χ3n) is 8.76. The smallest absolute Gasteiger partial charge is 0.305 e. The summed E-state index contributed by atoms with van der Waals surface area (Å²) in [6.07, 6.45) is 4.84. The molecule has 0 aromatic carbocycles. The van der Waals surface area contributed by atoms with Crippen molar-refractivity contribution in [3.63, 3.8) is 0 Å². The van der Waals surface area contributed by atoms with Crippen LogP contribution in [-0.4, -0.2) is 44.9 Å². The maximum absolute atomic E-state index is 12.6. The zero-order valence-corrected chi connectivity index (χ0v) is 27.4. The monoisotopic (exact) mass is 632 g/mol. The Morgan fingerprint density at radius 3 is 1.79 bits per heavy atom. The number of methoxy groups -OCH3 is 1. The minimum Gasteiger partial charge on any atom is -0.469 e. The summed E-state index contributed by atoms with van der Waals surface area (Å²) >= 11 is 0. The van der Waals surface area contributed by atoms with Crippen LogP contribution in [0, 0.1) is 13.8 Å². The Bertz CT molecular complexity index is 2090. The minimum atomic E-state index is -0.332. The van der Waals surface area contributed by atoms with E-state index in [9.17, 15) is 9.59 Å². The standard InChI is InChI=1S/C36H40N8O3/c1-8-22-18(3)26-14-27-20(5)24(10-12-34(45)43-44-36(37)38)32(41-27)17-33-25(11-13-35(46)47-7)21(6)29(42-33)16-31-23(9-2)19(4)28(40-31)15-30(22)39-26/h8-9,14-17,39-40H,1-2,10-13H2,3-7H3,(H,43,45)(H4,37,38,44). The van der Waals surface area contributed by atoms with Crippen molar-refractivity contribution in [2.75, 3.05) is 7.11 Å². The fraction of sp³-hybridized carbons (Fsp3) is 0.250. The van der Waals surface area contributed by atoms with Gasteiger partial charge >= 0.3 is 5.97 Å². The largest absolute Gasteiger partial charge is 0.469 e. The predicted octanol–water partition coefficient (Wildman–Crippen LogP) is 6.12. The molecule has 0 saturated heterocycles. The highest BCUT2D eigenvalue weighted by atomic mass is 16.5. The molecule has 47 heavy (non-hydrogen) atoms. The lowest BCUT2D eigenvalue weighted by molar-refractivity contribution is -0.140. The summed E-state index contributed by atoms with van der Waals surface area (Å²) in [6, 6.07) is 8.05. The van der Waals surface area contributed by atoms with Crippen LogP contribution >= 0.6 is 0 Å². The first-order valence-corrected chi connectivity index (χ1v) is 15.3. The molecular formula is C36H40N8O3. The SMILES string of the molecule is C=Cc1c(C)c2cc3[nH]c(cc4nc(cc5nc(cc1[nH]2)C(C)=C5CCC(=O)OC)C(CCC(=O)NN=C(N)N)=C4C)c(C)c3C=C. The Kier molecular flexibility index (Phi) is 9.27. The van der Waals surface area contributed by atoms with Crippen LogP contribution in [0.15, 0.2) is 42.5 Å². The Hall–Kier alpha value is -5.71. The lowest BCUT2D eigenvalue weighted by atomic mass is 9.98. The molecule has 0 saturated carbocycles. The molecule has 0 radical (unpaired) electrons. The first-order chi connectivity index (χ1) is 22.4. The molecule has 3 aromatic rings. The van der Waals surface area contributed by atoms with Gasteiger partial charge in [-0.2, -0.15) is 0 Å². The molecule has 0 atom stereocenters. The van der Waals surface area contributed by atoms with Gasteiger partial charge < -0.3 is 26.2 Å². The van der Waals surface area contributed by atoms with E-state index in [4.69, 9.17) is 26.2 Å². The second kappa shape index (κ2) is 13.3. The van der Waals surface area contributed by atoms with E-state index >= 15 is 0 Å². The van der Waals surface area contributed by atoms with Crippen LogP contribution in [0.3, 0.4) is 0 Å². The van der Waals surface area contributed by atoms with Crippen molar-refractivity contribution < 1.29 is 14.3 Å². The molecule has 0 spiro atoms. The number of rotatable bonds is 9. The molecule has 5 rings (SSSR count). The predicted molar refractivity (Wildman–Crippen MR) is 190 cm³/mol. The number of nitrogens with one attached hydrogen (secondary N) is 3. The number of guanidine groups is 1. The molecule has 242 valence electrons. The number of aryl methyl sites for hydroxylation is 2. The Balaban J connectivity index is 1.83. The summed E-state index contributed by atoms with van der Waals surface area (Å²) in [5.41, 5.74) is 27.4. The Morgan fingerprint density at radius 2 is 1.28 bits per heavy atom. The minimum absolute atomic E-state index is 0.130. The van der Waals surface area contributed by atoms with Gasteiger partial charge in [-0.1, -0.05) is 25.3 Å². The number of esters is 1. The second-order valence-corrected chi connectivity index (χ2v) is 11.6. The van der Waals surface area contributed by atoms with E-state index in [1.54, 1.807) is 0 Å². The van der Waals surface area contributed by atoms with Gasteiger partial charge in [0.2, 0.25) is 11.9 Å². The number of nitrogens with zero attached hydrogens (tertiary/aromatic N) is 3. The molecule has 2 aliphatic heterocycles. The van der Waals surface area contributed by atoms with Crippen LogP contribution in [-0.2, 0) is 14.3 Å². The summed E-state index contributed by atoms with van der Waals surface area (Å²) < 4.78 is 4.94. The molecule has 0 fully saturated rings. The topological polar surface area (TPSA) is 177 Å². The van der Waals surface area contributed by atoms with Crippen LogP contribution in [0.25, 0.3) is 56.5 Å². The van der Waals surface area contributed by atoms with Crippen molar-refractivity contribution in [2.45, 2.75) is 53.4 Å². The highest BCUT2D eigenvalue weighted by Gasteiger charge is 2.23. The number of carbonyl (C=O) groups is 2. The highest BCUT2D eigenvalue weighted by molar-refractivity contribution is 5.97. The summed E-state index contributed by atoms with van der Waals surface area (Å²) in [7, 11) is 1.38. The van der Waals surface area contributed by atoms with Crippen molar-refractivity contribution >= 4 is 74.3 Å². The van der Waals surface area contributed by atoms with Crippen LogP contribution in [0.4, 0.5) is 0 Å². The van der Waals surface area contributed by atoms with Gasteiger partial charge in [0.05, 0.1) is 29.9 Å². The zero-order valence-electron chi connectivity index (χ0n) is 27.4. The number of fused-ring (bicyclic) bond motifs is 8. The molecule has 0 unspecified atom stereocenters. The van der Waals surface area contributed by atoms with E-state index in [2.05, 4.69) is 46.6 Å². The second-order valence-electron chi connectivity index (χ2n) is 11.6. The summed E-state index contributed by atoms with van der Waals surface area (Å²) in [5, 5.41) is 3.63. The number of allylic oxidation sites excluding steroid dienone is 4. The number of hydrogen-bond acceptors (Lipinski definition) is 6. The third-order valence-corrected chi connectivity index (χ3v) is 8.76. The number of nitrogens with two attached hydrogens (primary N) is 2. The number of amides is 1. The van der Waals surface area contributed by atoms with Crippen molar-refractivity contribution in [3.8, 4) is 0 Å². The average molecular weight is 633 g/mol. The van der Waals surface area contributed by atoms with Crippen molar-refractivity contribution in [1.29, 1.82) is 0 Å². The number of hydrazone groups is 1. The first kappa shape index (κ1) is 32.7. The van der Waals surface area contributed by atoms with E-state index in [1.165, 1.54) is 7.11 Å². The fourth-order valence-corrected chi connectivity index (χ4v) is 6.05. The van der Waals surface area contributed by atoms with Crippen molar-refractivity contribution in [1.82, 2.24) is 25.4 Å². The lowest BCUT2D eigenvalue weighted by Gasteiger charge is -2.06. The average Bonchev–Trinajstić information content (AvgIpc) is 3.70. The number of H-pyrrole nitrogens is 2. The Labute approximate surface area is 273 Å². The van der Waals surface area contributed by atoms with E-state index in [0.717, 1.165) is 78.0 Å². The summed E-state index contributed by atoms with van der Waals surface area (Å²) in [6.45, 7) is 16.3. The summed E-state index contributed by atoms with van der Waals surface area (Å²) in [5.74, 6) is -0.867. The quantitative estimate of drug-likeness (QED) is 0.0817. The van der Waals surface area contributed by atoms with Gasteiger partial charge in [-0.05, 0) is 98.2 Å². The molecular weight excluding hydrogens is 592 g/mol. The number of aromatic amines is 2. The van der Waals surface area contributed by atoms with Crippen LogP contribution in [0.1, 0.15) is 84.6 Å². The van der Waals surface area contributed by atoms with Crippen LogP contribution in [0.2, 0.25) is 0 Å². The zero-order chi connectivity index (χ0) is 34.0. The highest BCUT2D eigenvalue weighted by Crippen LogP contribution is 2.38. The van der Waals surface area contributed by atoms with E-state index < -0.39 is 0 Å². The van der Waals surface area contributed by atoms with Crippen molar-refractivity contribution in [3.05, 3.63) is 82.5 Å². The van der Waals surface area contributed by atoms with E-state index in [0.29, 0.717) is 24.2 Å². The number of ether oxygens (including phenoxy) is 1. The van der Waals surface area contributed by atoms with Gasteiger partial charge in [0.1, 0.15) is 0 Å².